The van der Waals surface area contributed by atoms with Crippen LogP contribution < -0.4 is 5.56 Å². The molecule has 19 heavy (non-hydrogen) atoms. The van der Waals surface area contributed by atoms with Crippen molar-refractivity contribution in [3.63, 3.8) is 0 Å². The fraction of sp³-hybridized carbons (Fsp3) is 0.462. The molecule has 0 bridgehead atoms. The van der Waals surface area contributed by atoms with Crippen LogP contribution in [0.3, 0.4) is 0 Å². The van der Waals surface area contributed by atoms with Crippen molar-refractivity contribution in [2.75, 3.05) is 0 Å². The molecule has 1 aliphatic heterocycles. The molecule has 2 aromatic rings. The van der Waals surface area contributed by atoms with Crippen molar-refractivity contribution in [3.8, 4) is 0 Å². The number of fused-ring (bicyclic) bond motifs is 1. The van der Waals surface area contributed by atoms with Crippen LogP contribution in [0.2, 0.25) is 0 Å². The Hall–Kier alpha value is -1.69. The maximum Gasteiger partial charge on any atom is 0.271 e. The van der Waals surface area contributed by atoms with E-state index in [-0.39, 0.29) is 11.7 Å². The van der Waals surface area contributed by atoms with Gasteiger partial charge in [0.2, 0.25) is 0 Å². The highest BCUT2D eigenvalue weighted by Crippen LogP contribution is 2.20. The minimum absolute atomic E-state index is 0.0108. The highest BCUT2D eigenvalue weighted by Gasteiger charge is 2.21. The fourth-order valence-electron chi connectivity index (χ4n) is 2.20. The number of thiophene rings is 1. The molecule has 0 amide bonds. The average Bonchev–Trinajstić information content (AvgIpc) is 3.00. The lowest BCUT2D eigenvalue weighted by Crippen LogP contribution is -2.26. The molecule has 3 heterocycles. The van der Waals surface area contributed by atoms with Gasteiger partial charge in [-0.25, -0.2) is 4.98 Å². The second-order valence-electron chi connectivity index (χ2n) is 4.74. The van der Waals surface area contributed by atoms with Crippen LogP contribution in [0, 0.1) is 6.92 Å². The van der Waals surface area contributed by atoms with Gasteiger partial charge in [-0.3, -0.25) is 9.36 Å². The topological polar surface area (TPSA) is 56.5 Å². The average molecular weight is 277 g/mol. The molecule has 0 saturated carbocycles. The molecule has 2 aromatic heterocycles. The maximum absolute atomic E-state index is 12.3. The molecule has 6 heteroatoms. The molecule has 0 aliphatic carbocycles. The molecule has 1 unspecified atom stereocenters. The van der Waals surface area contributed by atoms with Crippen molar-refractivity contribution in [1.82, 2.24) is 9.55 Å². The number of hydrogen-bond acceptors (Lipinski definition) is 5. The molecule has 0 aromatic carbocycles. The van der Waals surface area contributed by atoms with Gasteiger partial charge >= 0.3 is 0 Å². The quantitative estimate of drug-likeness (QED) is 0.865. The van der Waals surface area contributed by atoms with Gasteiger partial charge in [-0.2, -0.15) is 0 Å². The monoisotopic (exact) mass is 277 g/mol. The summed E-state index contributed by atoms with van der Waals surface area (Å²) >= 11 is 1.45. The molecular weight excluding hydrogens is 262 g/mol. The first-order chi connectivity index (χ1) is 9.19. The summed E-state index contributed by atoms with van der Waals surface area (Å²) in [5.41, 5.74) is 2.93. The first kappa shape index (κ1) is 12.3. The third kappa shape index (κ3) is 2.16. The minimum atomic E-state index is -0.0482. The second kappa shape index (κ2) is 4.77. The molecule has 0 saturated heterocycles. The summed E-state index contributed by atoms with van der Waals surface area (Å²) in [5, 5.41) is 5.98. The molecule has 0 spiro atoms. The summed E-state index contributed by atoms with van der Waals surface area (Å²) in [6, 6.07) is 0. The Morgan fingerprint density at radius 1 is 1.58 bits per heavy atom. The van der Waals surface area contributed by atoms with Crippen LogP contribution in [-0.4, -0.2) is 21.4 Å². The van der Waals surface area contributed by atoms with E-state index in [0.717, 1.165) is 34.3 Å². The fourth-order valence-corrected chi connectivity index (χ4v) is 3.15. The molecule has 0 radical (unpaired) electrons. The zero-order valence-electron chi connectivity index (χ0n) is 10.9. The van der Waals surface area contributed by atoms with Crippen molar-refractivity contribution in [1.29, 1.82) is 0 Å². The molecule has 3 rings (SSSR count). The van der Waals surface area contributed by atoms with Crippen molar-refractivity contribution < 1.29 is 4.84 Å². The van der Waals surface area contributed by atoms with E-state index >= 15 is 0 Å². The summed E-state index contributed by atoms with van der Waals surface area (Å²) < 4.78 is 2.34. The number of hydrogen-bond donors (Lipinski definition) is 0. The van der Waals surface area contributed by atoms with Gasteiger partial charge in [0.25, 0.3) is 5.56 Å². The SMILES string of the molecule is CCC1=NOC(Cn2cnc3c(C)csc3c2=O)C1. The Labute approximate surface area is 114 Å². The number of oxime groups is 1. The van der Waals surface area contributed by atoms with Gasteiger partial charge in [-0.05, 0) is 24.3 Å². The van der Waals surface area contributed by atoms with E-state index in [4.69, 9.17) is 4.84 Å². The zero-order valence-corrected chi connectivity index (χ0v) is 11.7. The zero-order chi connectivity index (χ0) is 13.4. The number of nitrogens with zero attached hydrogens (tertiary/aromatic N) is 3. The lowest BCUT2D eigenvalue weighted by Gasteiger charge is -2.10. The van der Waals surface area contributed by atoms with Gasteiger partial charge in [-0.15, -0.1) is 11.3 Å². The molecule has 0 fully saturated rings. The van der Waals surface area contributed by atoms with E-state index < -0.39 is 0 Å². The summed E-state index contributed by atoms with van der Waals surface area (Å²) in [6.45, 7) is 4.53. The van der Waals surface area contributed by atoms with Crippen LogP contribution in [0.25, 0.3) is 10.2 Å². The Morgan fingerprint density at radius 2 is 2.42 bits per heavy atom. The predicted molar refractivity (Wildman–Crippen MR) is 75.8 cm³/mol. The summed E-state index contributed by atoms with van der Waals surface area (Å²) in [4.78, 5) is 22.0. The van der Waals surface area contributed by atoms with Gasteiger partial charge in [0.15, 0.2) is 6.10 Å². The van der Waals surface area contributed by atoms with Crippen LogP contribution in [-0.2, 0) is 11.4 Å². The van der Waals surface area contributed by atoms with Crippen LogP contribution in [0.5, 0.6) is 0 Å². The van der Waals surface area contributed by atoms with Gasteiger partial charge in [0, 0.05) is 6.42 Å². The Bertz CT molecular complexity index is 701. The van der Waals surface area contributed by atoms with Crippen LogP contribution in [0.4, 0.5) is 0 Å². The van der Waals surface area contributed by atoms with Gasteiger partial charge in [-0.1, -0.05) is 12.1 Å². The Kier molecular flexibility index (Phi) is 3.10. The molecular formula is C13H15N3O2S. The Balaban J connectivity index is 1.86. The standard InChI is InChI=1S/C13H15N3O2S/c1-3-9-4-10(18-15-9)5-16-7-14-11-8(2)6-19-12(11)13(16)17/h6-7,10H,3-5H2,1-2H3. The van der Waals surface area contributed by atoms with E-state index in [2.05, 4.69) is 17.1 Å². The molecule has 1 aliphatic rings. The molecule has 100 valence electrons. The molecule has 1 atom stereocenters. The lowest BCUT2D eigenvalue weighted by molar-refractivity contribution is 0.0716. The van der Waals surface area contributed by atoms with Gasteiger partial charge < -0.3 is 4.84 Å². The van der Waals surface area contributed by atoms with E-state index in [0.29, 0.717) is 6.54 Å². The largest absolute Gasteiger partial charge is 0.390 e. The smallest absolute Gasteiger partial charge is 0.271 e. The Morgan fingerprint density at radius 3 is 3.16 bits per heavy atom. The van der Waals surface area contributed by atoms with Crippen LogP contribution in [0.1, 0.15) is 25.3 Å². The summed E-state index contributed by atoms with van der Waals surface area (Å²) in [7, 11) is 0. The first-order valence-electron chi connectivity index (χ1n) is 6.34. The second-order valence-corrected chi connectivity index (χ2v) is 5.62. The van der Waals surface area contributed by atoms with E-state index in [1.807, 2.05) is 12.3 Å². The van der Waals surface area contributed by atoms with E-state index in [1.165, 1.54) is 11.3 Å². The van der Waals surface area contributed by atoms with E-state index in [9.17, 15) is 4.79 Å². The number of aromatic nitrogens is 2. The highest BCUT2D eigenvalue weighted by molar-refractivity contribution is 7.17. The number of aryl methyl sites for hydroxylation is 1. The van der Waals surface area contributed by atoms with Crippen molar-refractivity contribution >= 4 is 27.3 Å². The maximum atomic E-state index is 12.3. The van der Waals surface area contributed by atoms with E-state index in [1.54, 1.807) is 10.9 Å². The molecule has 0 N–H and O–H groups in total. The normalized spacial score (nSPS) is 18.6. The van der Waals surface area contributed by atoms with Gasteiger partial charge in [0.1, 0.15) is 4.70 Å². The summed E-state index contributed by atoms with van der Waals surface area (Å²) in [5.74, 6) is 0. The predicted octanol–water partition coefficient (Wildman–Crippen LogP) is 2.32. The minimum Gasteiger partial charge on any atom is -0.390 e. The number of rotatable bonds is 3. The van der Waals surface area contributed by atoms with Crippen LogP contribution in [0.15, 0.2) is 21.7 Å². The lowest BCUT2D eigenvalue weighted by atomic mass is 10.1. The summed E-state index contributed by atoms with van der Waals surface area (Å²) in [6.07, 6.45) is 3.25. The third-order valence-corrected chi connectivity index (χ3v) is 4.40. The van der Waals surface area contributed by atoms with Gasteiger partial charge in [0.05, 0.1) is 24.1 Å². The highest BCUT2D eigenvalue weighted by atomic mass is 32.1. The van der Waals surface area contributed by atoms with Crippen LogP contribution >= 0.6 is 11.3 Å². The van der Waals surface area contributed by atoms with Crippen molar-refractivity contribution in [2.45, 2.75) is 39.3 Å². The first-order valence-corrected chi connectivity index (χ1v) is 7.21. The molecule has 5 nitrogen and oxygen atoms in total. The third-order valence-electron chi connectivity index (χ3n) is 3.33. The van der Waals surface area contributed by atoms with Crippen molar-refractivity contribution in [2.24, 2.45) is 5.16 Å². The van der Waals surface area contributed by atoms with Crippen molar-refractivity contribution in [3.05, 3.63) is 27.6 Å².